The third-order valence-corrected chi connectivity index (χ3v) is 5.01. The lowest BCUT2D eigenvalue weighted by Crippen LogP contribution is -2.08. The molecule has 2 aromatic rings. The van der Waals surface area contributed by atoms with Crippen LogP contribution in [0.2, 0.25) is 0 Å². The maximum atomic E-state index is 8.70. The number of nitrogens with one attached hydrogen (secondary N) is 1. The number of unbranched alkanes of at least 4 members (excludes halogenated alkanes) is 1. The summed E-state index contributed by atoms with van der Waals surface area (Å²) in [4.78, 5) is 0. The van der Waals surface area contributed by atoms with Crippen molar-refractivity contribution in [2.75, 3.05) is 0 Å². The molecule has 23 heavy (non-hydrogen) atoms. The van der Waals surface area contributed by atoms with Crippen LogP contribution in [0.1, 0.15) is 57.1 Å². The average Bonchev–Trinajstić information content (AvgIpc) is 2.91. The molecule has 1 nitrogen and oxygen atoms in total. The normalized spacial score (nSPS) is 17.3. The van der Waals surface area contributed by atoms with E-state index in [0.29, 0.717) is 5.92 Å². The maximum Gasteiger partial charge on any atom is 0.0395 e. The van der Waals surface area contributed by atoms with E-state index in [1.165, 1.54) is 27.5 Å². The number of fused-ring (bicyclic) bond motifs is 1. The summed E-state index contributed by atoms with van der Waals surface area (Å²) in [5.41, 5.74) is 5.99. The van der Waals surface area contributed by atoms with Gasteiger partial charge in [-0.05, 0) is 43.0 Å². The third-order valence-electron chi connectivity index (χ3n) is 5.01. The van der Waals surface area contributed by atoms with E-state index in [0.717, 1.165) is 30.5 Å². The van der Waals surface area contributed by atoms with Crippen LogP contribution in [0.25, 0.3) is 10.8 Å². The molecule has 0 saturated carbocycles. The molecule has 0 saturated heterocycles. The second kappa shape index (κ2) is 6.54. The van der Waals surface area contributed by atoms with Crippen LogP contribution in [0.5, 0.6) is 0 Å². The predicted octanol–water partition coefficient (Wildman–Crippen LogP) is 6.39. The highest BCUT2D eigenvalue weighted by atomic mass is 14.4. The van der Waals surface area contributed by atoms with Crippen LogP contribution in [-0.4, -0.2) is 5.71 Å². The van der Waals surface area contributed by atoms with Gasteiger partial charge in [0.2, 0.25) is 0 Å². The van der Waals surface area contributed by atoms with Gasteiger partial charge in [-0.1, -0.05) is 73.0 Å². The minimum atomic E-state index is 0.316. The van der Waals surface area contributed by atoms with Crippen LogP contribution in [0.3, 0.4) is 0 Å². The van der Waals surface area contributed by atoms with Gasteiger partial charge in [-0.25, -0.2) is 0 Å². The molecular weight excluding hydrogens is 278 g/mol. The van der Waals surface area contributed by atoms with Crippen molar-refractivity contribution in [1.82, 2.24) is 0 Å². The van der Waals surface area contributed by atoms with Crippen LogP contribution in [0.15, 0.2) is 59.7 Å². The van der Waals surface area contributed by atoms with E-state index in [9.17, 15) is 0 Å². The molecule has 1 aliphatic rings. The molecule has 3 rings (SSSR count). The number of allylic oxidation sites excluding steroid dienone is 4. The monoisotopic (exact) mass is 303 g/mol. The SMILES string of the molecule is CCCCC(=N)c1c(C2C=CC(C)=C2C)ccc2ccccc12. The average molecular weight is 303 g/mol. The Hall–Kier alpha value is -2.15. The minimum Gasteiger partial charge on any atom is -0.305 e. The molecule has 0 bridgehead atoms. The molecule has 0 heterocycles. The molecule has 1 heteroatoms. The summed E-state index contributed by atoms with van der Waals surface area (Å²) in [6, 6.07) is 12.9. The molecule has 2 aromatic carbocycles. The van der Waals surface area contributed by atoms with Crippen molar-refractivity contribution in [1.29, 1.82) is 5.41 Å². The standard InChI is InChI=1S/C22H25N/c1-4-5-10-21(23)22-19-9-7-6-8-17(19)12-14-20(22)18-13-11-15(2)16(18)3/h6-9,11-14,18,23H,4-5,10H2,1-3H3. The van der Waals surface area contributed by atoms with E-state index in [-0.39, 0.29) is 0 Å². The molecule has 0 aromatic heterocycles. The Morgan fingerprint density at radius 2 is 1.87 bits per heavy atom. The fraction of sp³-hybridized carbons (Fsp3) is 0.318. The van der Waals surface area contributed by atoms with Crippen molar-refractivity contribution in [2.24, 2.45) is 0 Å². The molecule has 1 unspecified atom stereocenters. The quantitative estimate of drug-likeness (QED) is 0.619. The van der Waals surface area contributed by atoms with Gasteiger partial charge in [-0.2, -0.15) is 0 Å². The summed E-state index contributed by atoms with van der Waals surface area (Å²) in [6.45, 7) is 6.58. The number of benzene rings is 2. The van der Waals surface area contributed by atoms with E-state index in [2.05, 4.69) is 69.3 Å². The fourth-order valence-corrected chi connectivity index (χ4v) is 3.46. The largest absolute Gasteiger partial charge is 0.305 e. The lowest BCUT2D eigenvalue weighted by atomic mass is 9.84. The third kappa shape index (κ3) is 2.88. The Bertz CT molecular complexity index is 808. The molecular formula is C22H25N. The van der Waals surface area contributed by atoms with Gasteiger partial charge in [0.1, 0.15) is 0 Å². The van der Waals surface area contributed by atoms with E-state index in [1.54, 1.807) is 0 Å². The Kier molecular flexibility index (Phi) is 4.47. The molecule has 1 aliphatic carbocycles. The van der Waals surface area contributed by atoms with Gasteiger partial charge in [-0.3, -0.25) is 0 Å². The minimum absolute atomic E-state index is 0.316. The predicted molar refractivity (Wildman–Crippen MR) is 101 cm³/mol. The summed E-state index contributed by atoms with van der Waals surface area (Å²) in [5.74, 6) is 0.316. The van der Waals surface area contributed by atoms with E-state index < -0.39 is 0 Å². The maximum absolute atomic E-state index is 8.70. The van der Waals surface area contributed by atoms with Gasteiger partial charge in [0.05, 0.1) is 0 Å². The zero-order chi connectivity index (χ0) is 16.4. The van der Waals surface area contributed by atoms with Crippen LogP contribution < -0.4 is 0 Å². The van der Waals surface area contributed by atoms with Gasteiger partial charge in [0, 0.05) is 17.2 Å². The Labute approximate surface area is 139 Å². The van der Waals surface area contributed by atoms with Crippen molar-refractivity contribution in [3.8, 4) is 0 Å². The summed E-state index contributed by atoms with van der Waals surface area (Å²) in [5, 5.41) is 11.1. The first-order valence-corrected chi connectivity index (χ1v) is 8.58. The van der Waals surface area contributed by atoms with Crippen molar-refractivity contribution in [3.05, 3.63) is 70.8 Å². The molecule has 0 spiro atoms. The summed E-state index contributed by atoms with van der Waals surface area (Å²) >= 11 is 0. The highest BCUT2D eigenvalue weighted by Crippen LogP contribution is 2.38. The van der Waals surface area contributed by atoms with Crippen molar-refractivity contribution < 1.29 is 0 Å². The van der Waals surface area contributed by atoms with Crippen LogP contribution >= 0.6 is 0 Å². The van der Waals surface area contributed by atoms with E-state index in [1.807, 2.05) is 0 Å². The zero-order valence-corrected chi connectivity index (χ0v) is 14.3. The highest BCUT2D eigenvalue weighted by molar-refractivity contribution is 6.11. The van der Waals surface area contributed by atoms with Crippen LogP contribution in [0.4, 0.5) is 0 Å². The molecule has 1 atom stereocenters. The van der Waals surface area contributed by atoms with Gasteiger partial charge >= 0.3 is 0 Å². The smallest absolute Gasteiger partial charge is 0.0395 e. The van der Waals surface area contributed by atoms with Crippen LogP contribution in [-0.2, 0) is 0 Å². The van der Waals surface area contributed by atoms with Crippen molar-refractivity contribution >= 4 is 16.5 Å². The zero-order valence-electron chi connectivity index (χ0n) is 14.3. The molecule has 0 radical (unpaired) electrons. The van der Waals surface area contributed by atoms with E-state index in [4.69, 9.17) is 5.41 Å². The Morgan fingerprint density at radius 3 is 2.57 bits per heavy atom. The summed E-state index contributed by atoms with van der Waals surface area (Å²) in [6.07, 6.45) is 7.56. The Morgan fingerprint density at radius 1 is 1.09 bits per heavy atom. The lowest BCUT2D eigenvalue weighted by Gasteiger charge is -2.19. The van der Waals surface area contributed by atoms with Gasteiger partial charge in [0.15, 0.2) is 0 Å². The molecule has 1 N–H and O–H groups in total. The first-order chi connectivity index (χ1) is 11.1. The molecule has 118 valence electrons. The topological polar surface area (TPSA) is 23.9 Å². The van der Waals surface area contributed by atoms with E-state index >= 15 is 0 Å². The first kappa shape index (κ1) is 15.7. The molecule has 0 amide bonds. The molecule has 0 fully saturated rings. The second-order valence-corrected chi connectivity index (χ2v) is 6.54. The lowest BCUT2D eigenvalue weighted by molar-refractivity contribution is 0.832. The summed E-state index contributed by atoms with van der Waals surface area (Å²) in [7, 11) is 0. The first-order valence-electron chi connectivity index (χ1n) is 8.58. The van der Waals surface area contributed by atoms with Gasteiger partial charge in [-0.15, -0.1) is 0 Å². The number of rotatable bonds is 5. The fourth-order valence-electron chi connectivity index (χ4n) is 3.46. The number of hydrogen-bond acceptors (Lipinski definition) is 1. The van der Waals surface area contributed by atoms with Crippen LogP contribution in [0, 0.1) is 5.41 Å². The van der Waals surface area contributed by atoms with Gasteiger partial charge in [0.25, 0.3) is 0 Å². The highest BCUT2D eigenvalue weighted by Gasteiger charge is 2.22. The van der Waals surface area contributed by atoms with Gasteiger partial charge < -0.3 is 5.41 Å². The molecule has 0 aliphatic heterocycles. The Balaban J connectivity index is 2.18. The van der Waals surface area contributed by atoms with Crippen molar-refractivity contribution in [3.63, 3.8) is 0 Å². The number of hydrogen-bond donors (Lipinski definition) is 1. The second-order valence-electron chi connectivity index (χ2n) is 6.54. The summed E-state index contributed by atoms with van der Waals surface area (Å²) < 4.78 is 0. The van der Waals surface area contributed by atoms with Crippen molar-refractivity contribution in [2.45, 2.75) is 46.0 Å².